The Morgan fingerprint density at radius 1 is 1.36 bits per heavy atom. The second-order valence-electron chi connectivity index (χ2n) is 4.55. The Labute approximate surface area is 68.6 Å². The molecule has 0 unspecified atom stereocenters. The van der Waals surface area contributed by atoms with Crippen LogP contribution in [0.25, 0.3) is 0 Å². The van der Waals surface area contributed by atoms with Gasteiger partial charge in [-0.1, -0.05) is 0 Å². The molecule has 1 aliphatic heterocycles. The topological polar surface area (TPSA) is 29.5 Å². The van der Waals surface area contributed by atoms with Gasteiger partial charge in [0.2, 0.25) is 0 Å². The monoisotopic (exact) mass is 158 g/mol. The summed E-state index contributed by atoms with van der Waals surface area (Å²) in [6.45, 7) is 8.47. The van der Waals surface area contributed by atoms with Crippen LogP contribution in [0.15, 0.2) is 0 Å². The van der Waals surface area contributed by atoms with E-state index >= 15 is 0 Å². The summed E-state index contributed by atoms with van der Waals surface area (Å²) in [5.74, 6) is 0.289. The van der Waals surface area contributed by atoms with Crippen molar-refractivity contribution in [3.63, 3.8) is 0 Å². The molecular weight excluding hydrogens is 140 g/mol. The van der Waals surface area contributed by atoms with Crippen molar-refractivity contribution >= 4 is 0 Å². The Balaban J connectivity index is 2.71. The Morgan fingerprint density at radius 2 is 1.91 bits per heavy atom. The largest absolute Gasteiger partial charge is 0.396 e. The summed E-state index contributed by atoms with van der Waals surface area (Å²) in [5.41, 5.74) is -0.213. The van der Waals surface area contributed by atoms with Crippen LogP contribution in [-0.4, -0.2) is 22.9 Å². The van der Waals surface area contributed by atoms with Crippen molar-refractivity contribution in [2.75, 3.05) is 6.61 Å². The standard InChI is InChI=1S/C9H18O2/c1-8(2)5-7(6-10)9(3,4)11-8/h7,10H,5-6H2,1-4H3/t7-/m1/s1. The molecule has 0 bridgehead atoms. The predicted octanol–water partition coefficient (Wildman–Crippen LogP) is 1.57. The summed E-state index contributed by atoms with van der Waals surface area (Å²) in [6.07, 6.45) is 0.955. The van der Waals surface area contributed by atoms with E-state index in [0.717, 1.165) is 6.42 Å². The highest BCUT2D eigenvalue weighted by Gasteiger charge is 2.45. The van der Waals surface area contributed by atoms with Gasteiger partial charge in [0.05, 0.1) is 11.2 Å². The molecule has 0 aromatic rings. The highest BCUT2D eigenvalue weighted by atomic mass is 16.5. The van der Waals surface area contributed by atoms with Crippen LogP contribution >= 0.6 is 0 Å². The summed E-state index contributed by atoms with van der Waals surface area (Å²) >= 11 is 0. The molecular formula is C9H18O2. The van der Waals surface area contributed by atoms with Gasteiger partial charge in [0.15, 0.2) is 0 Å². The quantitative estimate of drug-likeness (QED) is 0.627. The van der Waals surface area contributed by atoms with E-state index in [9.17, 15) is 0 Å². The molecule has 1 saturated heterocycles. The molecule has 0 aromatic carbocycles. The Morgan fingerprint density at radius 3 is 2.09 bits per heavy atom. The molecule has 1 atom stereocenters. The van der Waals surface area contributed by atoms with Crippen LogP contribution in [0.3, 0.4) is 0 Å². The van der Waals surface area contributed by atoms with Gasteiger partial charge in [-0.05, 0) is 34.1 Å². The van der Waals surface area contributed by atoms with Crippen LogP contribution in [0.4, 0.5) is 0 Å². The van der Waals surface area contributed by atoms with Crippen LogP contribution in [0.2, 0.25) is 0 Å². The van der Waals surface area contributed by atoms with E-state index in [4.69, 9.17) is 9.84 Å². The maximum absolute atomic E-state index is 9.05. The number of aliphatic hydroxyl groups is 1. The average molecular weight is 158 g/mol. The summed E-state index contributed by atoms with van der Waals surface area (Å²) < 4.78 is 5.78. The fourth-order valence-corrected chi connectivity index (χ4v) is 1.96. The van der Waals surface area contributed by atoms with Gasteiger partial charge in [-0.25, -0.2) is 0 Å². The Bertz CT molecular complexity index is 150. The molecule has 1 aliphatic rings. The van der Waals surface area contributed by atoms with E-state index in [1.54, 1.807) is 0 Å². The fraction of sp³-hybridized carbons (Fsp3) is 1.00. The summed E-state index contributed by atoms with van der Waals surface area (Å²) in [7, 11) is 0. The molecule has 0 amide bonds. The summed E-state index contributed by atoms with van der Waals surface area (Å²) in [4.78, 5) is 0. The zero-order valence-electron chi connectivity index (χ0n) is 7.85. The van der Waals surface area contributed by atoms with Crippen LogP contribution < -0.4 is 0 Å². The van der Waals surface area contributed by atoms with Crippen LogP contribution in [0, 0.1) is 5.92 Å². The van der Waals surface area contributed by atoms with Crippen molar-refractivity contribution in [2.45, 2.75) is 45.3 Å². The first-order valence-electron chi connectivity index (χ1n) is 4.18. The molecule has 2 nitrogen and oxygen atoms in total. The van der Waals surface area contributed by atoms with Crippen molar-refractivity contribution < 1.29 is 9.84 Å². The molecule has 0 aliphatic carbocycles. The van der Waals surface area contributed by atoms with Gasteiger partial charge in [-0.2, -0.15) is 0 Å². The molecule has 0 saturated carbocycles. The smallest absolute Gasteiger partial charge is 0.0684 e. The molecule has 1 heterocycles. The normalized spacial score (nSPS) is 34.1. The van der Waals surface area contributed by atoms with Gasteiger partial charge in [-0.3, -0.25) is 0 Å². The summed E-state index contributed by atoms with van der Waals surface area (Å²) in [6, 6.07) is 0. The number of aliphatic hydroxyl groups excluding tert-OH is 1. The SMILES string of the molecule is CC1(C)C[C@H](CO)C(C)(C)O1. The molecule has 11 heavy (non-hydrogen) atoms. The molecule has 0 radical (unpaired) electrons. The first kappa shape index (κ1) is 9.01. The molecule has 0 spiro atoms. The second kappa shape index (κ2) is 2.46. The Kier molecular flexibility index (Phi) is 2.01. The lowest BCUT2D eigenvalue weighted by Crippen LogP contribution is -2.30. The molecule has 66 valence electrons. The van der Waals surface area contributed by atoms with E-state index in [1.165, 1.54) is 0 Å². The number of hydrogen-bond acceptors (Lipinski definition) is 2. The molecule has 2 heteroatoms. The first-order valence-corrected chi connectivity index (χ1v) is 4.18. The van der Waals surface area contributed by atoms with Crippen molar-refractivity contribution in [3.05, 3.63) is 0 Å². The minimum absolute atomic E-state index is 0.0586. The van der Waals surface area contributed by atoms with Crippen LogP contribution in [0.5, 0.6) is 0 Å². The second-order valence-corrected chi connectivity index (χ2v) is 4.55. The maximum atomic E-state index is 9.05. The number of rotatable bonds is 1. The van der Waals surface area contributed by atoms with Gasteiger partial charge < -0.3 is 9.84 Å². The zero-order valence-corrected chi connectivity index (χ0v) is 7.85. The zero-order chi connectivity index (χ0) is 8.70. The lowest BCUT2D eigenvalue weighted by molar-refractivity contribution is -0.0786. The van der Waals surface area contributed by atoms with E-state index < -0.39 is 0 Å². The van der Waals surface area contributed by atoms with Crippen molar-refractivity contribution in [1.29, 1.82) is 0 Å². The van der Waals surface area contributed by atoms with Gasteiger partial charge >= 0.3 is 0 Å². The van der Waals surface area contributed by atoms with Crippen LogP contribution in [0.1, 0.15) is 34.1 Å². The van der Waals surface area contributed by atoms with E-state index in [-0.39, 0.29) is 23.7 Å². The number of ether oxygens (including phenoxy) is 1. The third kappa shape index (κ3) is 1.74. The van der Waals surface area contributed by atoms with E-state index in [0.29, 0.717) is 0 Å². The highest BCUT2D eigenvalue weighted by Crippen LogP contribution is 2.41. The minimum atomic E-state index is -0.155. The molecule has 1 rings (SSSR count). The van der Waals surface area contributed by atoms with E-state index in [2.05, 4.69) is 13.8 Å². The van der Waals surface area contributed by atoms with Gasteiger partial charge in [-0.15, -0.1) is 0 Å². The van der Waals surface area contributed by atoms with E-state index in [1.807, 2.05) is 13.8 Å². The fourth-order valence-electron chi connectivity index (χ4n) is 1.96. The van der Waals surface area contributed by atoms with Crippen molar-refractivity contribution in [1.82, 2.24) is 0 Å². The van der Waals surface area contributed by atoms with Gasteiger partial charge in [0, 0.05) is 12.5 Å². The van der Waals surface area contributed by atoms with Crippen molar-refractivity contribution in [3.8, 4) is 0 Å². The third-order valence-corrected chi connectivity index (χ3v) is 2.48. The highest BCUT2D eigenvalue weighted by molar-refractivity contribution is 4.93. The Hall–Kier alpha value is -0.0800. The molecule has 1 fully saturated rings. The predicted molar refractivity (Wildman–Crippen MR) is 44.4 cm³/mol. The lowest BCUT2D eigenvalue weighted by Gasteiger charge is -2.26. The first-order chi connectivity index (χ1) is 4.87. The maximum Gasteiger partial charge on any atom is 0.0684 e. The lowest BCUT2D eigenvalue weighted by atomic mass is 9.88. The summed E-state index contributed by atoms with van der Waals surface area (Å²) in [5, 5.41) is 9.05. The van der Waals surface area contributed by atoms with Gasteiger partial charge in [0.25, 0.3) is 0 Å². The van der Waals surface area contributed by atoms with Crippen molar-refractivity contribution in [2.24, 2.45) is 5.92 Å². The minimum Gasteiger partial charge on any atom is -0.396 e. The molecule has 0 aromatic heterocycles. The molecule has 1 N–H and O–H groups in total. The van der Waals surface area contributed by atoms with Gasteiger partial charge in [0.1, 0.15) is 0 Å². The third-order valence-electron chi connectivity index (χ3n) is 2.48. The average Bonchev–Trinajstić information content (AvgIpc) is 1.99. The van der Waals surface area contributed by atoms with Crippen LogP contribution in [-0.2, 0) is 4.74 Å². The number of hydrogen-bond donors (Lipinski definition) is 1.